The summed E-state index contributed by atoms with van der Waals surface area (Å²) >= 11 is 3.35. The Bertz CT molecular complexity index is 428. The van der Waals surface area contributed by atoms with Crippen LogP contribution in [0.3, 0.4) is 0 Å². The largest absolute Gasteiger partial charge is 0.494 e. The first-order valence-electron chi connectivity index (χ1n) is 6.67. The predicted molar refractivity (Wildman–Crippen MR) is 79.7 cm³/mol. The summed E-state index contributed by atoms with van der Waals surface area (Å²) in [7, 11) is 0. The van der Waals surface area contributed by atoms with Gasteiger partial charge in [0.1, 0.15) is 11.5 Å². The third kappa shape index (κ3) is 7.28. The molecule has 0 radical (unpaired) electrons. The average Bonchev–Trinajstić information content (AvgIpc) is 2.43. The molecule has 0 fully saturated rings. The Labute approximate surface area is 127 Å². The Morgan fingerprint density at radius 2 is 1.80 bits per heavy atom. The van der Waals surface area contributed by atoms with Crippen molar-refractivity contribution in [1.82, 2.24) is 0 Å². The first-order valence-corrected chi connectivity index (χ1v) is 7.46. The number of Topliss-reactive ketones (excluding diaryl/α,β-unsaturated/α-hetero) is 1. The zero-order chi connectivity index (χ0) is 14.8. The van der Waals surface area contributed by atoms with Crippen molar-refractivity contribution < 1.29 is 19.1 Å². The zero-order valence-electron chi connectivity index (χ0n) is 11.6. The van der Waals surface area contributed by atoms with Crippen LogP contribution >= 0.6 is 15.9 Å². The van der Waals surface area contributed by atoms with Crippen LogP contribution < -0.4 is 4.74 Å². The van der Waals surface area contributed by atoms with Gasteiger partial charge in [-0.15, -0.1) is 0 Å². The third-order valence-corrected chi connectivity index (χ3v) is 3.12. The number of benzene rings is 1. The Hall–Kier alpha value is -1.36. The lowest BCUT2D eigenvalue weighted by Gasteiger charge is -2.06. The topological polar surface area (TPSA) is 52.6 Å². The van der Waals surface area contributed by atoms with Gasteiger partial charge < -0.3 is 9.47 Å². The molecule has 5 heteroatoms. The van der Waals surface area contributed by atoms with Gasteiger partial charge in [-0.2, -0.15) is 0 Å². The van der Waals surface area contributed by atoms with E-state index in [9.17, 15) is 9.59 Å². The SMILES string of the molecule is CCOC(=O)CCC(=O)CCCOc1ccc(Br)cc1. The van der Waals surface area contributed by atoms with E-state index in [-0.39, 0.29) is 24.6 Å². The second-order valence-electron chi connectivity index (χ2n) is 4.25. The summed E-state index contributed by atoms with van der Waals surface area (Å²) < 4.78 is 11.3. The van der Waals surface area contributed by atoms with E-state index in [2.05, 4.69) is 15.9 Å². The van der Waals surface area contributed by atoms with E-state index in [1.807, 2.05) is 24.3 Å². The minimum atomic E-state index is -0.313. The van der Waals surface area contributed by atoms with Crippen molar-refractivity contribution in [1.29, 1.82) is 0 Å². The molecule has 110 valence electrons. The van der Waals surface area contributed by atoms with E-state index in [1.54, 1.807) is 6.92 Å². The number of ketones is 1. The summed E-state index contributed by atoms with van der Waals surface area (Å²) in [5.41, 5.74) is 0. The summed E-state index contributed by atoms with van der Waals surface area (Å²) in [4.78, 5) is 22.6. The van der Waals surface area contributed by atoms with Crippen LogP contribution in [0.5, 0.6) is 5.75 Å². The summed E-state index contributed by atoms with van der Waals surface area (Å²) in [5.74, 6) is 0.539. The number of esters is 1. The normalized spacial score (nSPS) is 10.1. The van der Waals surface area contributed by atoms with Crippen LogP contribution in [-0.2, 0) is 14.3 Å². The van der Waals surface area contributed by atoms with E-state index in [4.69, 9.17) is 9.47 Å². The highest BCUT2D eigenvalue weighted by atomic mass is 79.9. The minimum Gasteiger partial charge on any atom is -0.494 e. The molecule has 0 amide bonds. The number of halogens is 1. The van der Waals surface area contributed by atoms with Gasteiger partial charge in [-0.3, -0.25) is 9.59 Å². The highest BCUT2D eigenvalue weighted by Crippen LogP contribution is 2.16. The molecule has 0 aromatic heterocycles. The maximum atomic E-state index is 11.5. The lowest BCUT2D eigenvalue weighted by atomic mass is 10.1. The van der Waals surface area contributed by atoms with Crippen molar-refractivity contribution in [3.63, 3.8) is 0 Å². The fourth-order valence-corrected chi connectivity index (χ4v) is 1.85. The second-order valence-corrected chi connectivity index (χ2v) is 5.17. The molecule has 0 atom stereocenters. The summed E-state index contributed by atoms with van der Waals surface area (Å²) in [6.07, 6.45) is 1.49. The van der Waals surface area contributed by atoms with Crippen molar-refractivity contribution in [3.05, 3.63) is 28.7 Å². The maximum absolute atomic E-state index is 11.5. The van der Waals surface area contributed by atoms with Crippen molar-refractivity contribution in [2.45, 2.75) is 32.6 Å². The molecule has 0 spiro atoms. The molecule has 0 saturated carbocycles. The molecular formula is C15H19BrO4. The maximum Gasteiger partial charge on any atom is 0.306 e. The Balaban J connectivity index is 2.10. The van der Waals surface area contributed by atoms with E-state index < -0.39 is 0 Å². The Morgan fingerprint density at radius 3 is 2.45 bits per heavy atom. The minimum absolute atomic E-state index is 0.0671. The van der Waals surface area contributed by atoms with Crippen LogP contribution in [-0.4, -0.2) is 25.0 Å². The second kappa shape index (κ2) is 9.53. The number of rotatable bonds is 9. The first kappa shape index (κ1) is 16.7. The molecular weight excluding hydrogens is 324 g/mol. The molecule has 20 heavy (non-hydrogen) atoms. The zero-order valence-corrected chi connectivity index (χ0v) is 13.1. The molecule has 1 aromatic carbocycles. The molecule has 1 rings (SSSR count). The van der Waals surface area contributed by atoms with Crippen LogP contribution in [0, 0.1) is 0 Å². The fraction of sp³-hybridized carbons (Fsp3) is 0.467. The molecule has 0 unspecified atom stereocenters. The molecule has 1 aromatic rings. The van der Waals surface area contributed by atoms with Crippen molar-refractivity contribution in [2.24, 2.45) is 0 Å². The van der Waals surface area contributed by atoms with Crippen molar-refractivity contribution >= 4 is 27.7 Å². The molecule has 0 bridgehead atoms. The number of carbonyl (C=O) groups excluding carboxylic acids is 2. The highest BCUT2D eigenvalue weighted by Gasteiger charge is 2.07. The van der Waals surface area contributed by atoms with E-state index >= 15 is 0 Å². The summed E-state index contributed by atoms with van der Waals surface area (Å²) in [6.45, 7) is 2.60. The van der Waals surface area contributed by atoms with Crippen LogP contribution in [0.15, 0.2) is 28.7 Å². The number of hydrogen-bond donors (Lipinski definition) is 0. The number of carbonyl (C=O) groups is 2. The molecule has 0 aliphatic rings. The molecule has 0 heterocycles. The van der Waals surface area contributed by atoms with E-state index in [0.29, 0.717) is 26.1 Å². The molecule has 0 aliphatic carbocycles. The van der Waals surface area contributed by atoms with Crippen molar-refractivity contribution in [3.8, 4) is 5.75 Å². The molecule has 4 nitrogen and oxygen atoms in total. The molecule has 0 aliphatic heterocycles. The van der Waals surface area contributed by atoms with Gasteiger partial charge in [-0.25, -0.2) is 0 Å². The molecule has 0 N–H and O–H groups in total. The number of hydrogen-bond acceptors (Lipinski definition) is 4. The highest BCUT2D eigenvalue weighted by molar-refractivity contribution is 9.10. The quantitative estimate of drug-likeness (QED) is 0.509. The standard InChI is InChI=1S/C15H19BrO4/c1-2-19-15(18)10-7-13(17)4-3-11-20-14-8-5-12(16)6-9-14/h5-6,8-9H,2-4,7,10-11H2,1H3. The Morgan fingerprint density at radius 1 is 1.10 bits per heavy atom. The van der Waals surface area contributed by atoms with Gasteiger partial charge in [0.2, 0.25) is 0 Å². The van der Waals surface area contributed by atoms with Gasteiger partial charge in [-0.1, -0.05) is 15.9 Å². The van der Waals surface area contributed by atoms with Gasteiger partial charge in [-0.05, 0) is 37.6 Å². The molecule has 0 saturated heterocycles. The monoisotopic (exact) mass is 342 g/mol. The lowest BCUT2D eigenvalue weighted by Crippen LogP contribution is -2.08. The van der Waals surface area contributed by atoms with Gasteiger partial charge in [0.15, 0.2) is 0 Å². The summed E-state index contributed by atoms with van der Waals surface area (Å²) in [5, 5.41) is 0. The number of ether oxygens (including phenoxy) is 2. The van der Waals surface area contributed by atoms with E-state index in [0.717, 1.165) is 10.2 Å². The Kier molecular flexibility index (Phi) is 7.95. The van der Waals surface area contributed by atoms with Crippen LogP contribution in [0.4, 0.5) is 0 Å². The van der Waals surface area contributed by atoms with Gasteiger partial charge in [0.05, 0.1) is 19.6 Å². The average molecular weight is 343 g/mol. The van der Waals surface area contributed by atoms with Gasteiger partial charge in [0.25, 0.3) is 0 Å². The van der Waals surface area contributed by atoms with Crippen molar-refractivity contribution in [2.75, 3.05) is 13.2 Å². The van der Waals surface area contributed by atoms with Crippen LogP contribution in [0.25, 0.3) is 0 Å². The van der Waals surface area contributed by atoms with Crippen LogP contribution in [0.1, 0.15) is 32.6 Å². The van der Waals surface area contributed by atoms with Crippen LogP contribution in [0.2, 0.25) is 0 Å². The predicted octanol–water partition coefficient (Wildman–Crippen LogP) is 3.52. The van der Waals surface area contributed by atoms with Gasteiger partial charge >= 0.3 is 5.97 Å². The summed E-state index contributed by atoms with van der Waals surface area (Å²) in [6, 6.07) is 7.54. The third-order valence-electron chi connectivity index (χ3n) is 2.60. The fourth-order valence-electron chi connectivity index (χ4n) is 1.59. The smallest absolute Gasteiger partial charge is 0.306 e. The lowest BCUT2D eigenvalue weighted by molar-refractivity contribution is -0.144. The van der Waals surface area contributed by atoms with Gasteiger partial charge in [0, 0.05) is 17.3 Å². The van der Waals surface area contributed by atoms with E-state index in [1.165, 1.54) is 0 Å². The first-order chi connectivity index (χ1) is 9.61.